The smallest absolute Gasteiger partial charge is 0.408 e. The molecule has 2 amide bonds. The van der Waals surface area contributed by atoms with Crippen molar-refractivity contribution in [3.8, 4) is 0 Å². The quantitative estimate of drug-likeness (QED) is 0.258. The second kappa shape index (κ2) is 12.9. The Balaban J connectivity index is 1.61. The second-order valence-corrected chi connectivity index (χ2v) is 19.5. The Morgan fingerprint density at radius 1 is 1.04 bits per heavy atom. The third-order valence-corrected chi connectivity index (χ3v) is 13.1. The molecule has 3 heterocycles. The predicted octanol–water partition coefficient (Wildman–Crippen LogP) is 7.66. The van der Waals surface area contributed by atoms with Crippen molar-refractivity contribution in [3.05, 3.63) is 66.6 Å². The highest BCUT2D eigenvalue weighted by molar-refractivity contribution is 6.74. The fraction of sp³-hybridized carbons (Fsp3) is 0.486. The molecule has 45 heavy (non-hydrogen) atoms. The van der Waals surface area contributed by atoms with E-state index in [-0.39, 0.29) is 29.0 Å². The Hall–Kier alpha value is -3.76. The number of amides is 2. The second-order valence-electron chi connectivity index (χ2n) is 14.7. The standard InChI is InChI=1S/C35H49N5O4Si/c1-22(2)25-13-12-24-14-15-26(37-27(24)18-25)32(41)38-28-19-36-17-16-30(28)40-20-23(3)31(44-45(10,11)35(7,8)9)29(21-40)39-33(42)43-34(4,5)6/h12-19,23,29,31H,1,20-21H2,2-11H3,(H,38,41)(H,39,42)/t23-,29+,31+/m0/s1. The van der Waals surface area contributed by atoms with E-state index in [2.05, 4.69) is 72.9 Å². The van der Waals surface area contributed by atoms with Crippen LogP contribution in [0.2, 0.25) is 18.1 Å². The molecule has 1 saturated heterocycles. The van der Waals surface area contributed by atoms with Crippen LogP contribution in [0.25, 0.3) is 16.5 Å². The van der Waals surface area contributed by atoms with Crippen LogP contribution in [0.3, 0.4) is 0 Å². The fourth-order valence-corrected chi connectivity index (χ4v) is 6.65. The average Bonchev–Trinajstić information content (AvgIpc) is 2.92. The molecular formula is C35H49N5O4Si. The molecule has 0 radical (unpaired) electrons. The number of carbonyl (C=O) groups excluding carboxylic acids is 2. The molecule has 1 aliphatic heterocycles. The van der Waals surface area contributed by atoms with Crippen molar-refractivity contribution in [2.45, 2.75) is 91.3 Å². The van der Waals surface area contributed by atoms with E-state index < -0.39 is 20.0 Å². The molecule has 0 unspecified atom stereocenters. The molecular weight excluding hydrogens is 583 g/mol. The minimum atomic E-state index is -2.16. The molecule has 4 rings (SSSR count). The lowest BCUT2D eigenvalue weighted by molar-refractivity contribution is 0.0336. The number of benzene rings is 1. The number of nitrogens with one attached hydrogen (secondary N) is 2. The van der Waals surface area contributed by atoms with Crippen LogP contribution in [-0.2, 0) is 9.16 Å². The van der Waals surface area contributed by atoms with Crippen LogP contribution in [-0.4, -0.2) is 61.1 Å². The normalized spacial score (nSPS) is 19.2. The van der Waals surface area contributed by atoms with E-state index in [0.29, 0.717) is 24.5 Å². The Morgan fingerprint density at radius 3 is 2.38 bits per heavy atom. The van der Waals surface area contributed by atoms with Crippen LogP contribution in [0.5, 0.6) is 0 Å². The summed E-state index contributed by atoms with van der Waals surface area (Å²) in [7, 11) is -2.16. The van der Waals surface area contributed by atoms with Crippen LogP contribution in [0, 0.1) is 5.92 Å². The SMILES string of the molecule is C=C(C)c1ccc2ccc(C(=O)Nc3cnccc3N3C[C@H](C)[C@@H](O[Si](C)(C)C(C)(C)C)[C@H](NC(=O)OC(C)(C)C)C3)nc2c1. The fourth-order valence-electron chi connectivity index (χ4n) is 5.22. The molecule has 0 saturated carbocycles. The van der Waals surface area contributed by atoms with Crippen molar-refractivity contribution in [3.63, 3.8) is 0 Å². The lowest BCUT2D eigenvalue weighted by atomic mass is 9.92. The first kappa shape index (κ1) is 34.1. The molecule has 2 aromatic heterocycles. The summed E-state index contributed by atoms with van der Waals surface area (Å²) in [5.74, 6) is -0.270. The Labute approximate surface area is 268 Å². The summed E-state index contributed by atoms with van der Waals surface area (Å²) in [5.41, 5.74) is 3.67. The lowest BCUT2D eigenvalue weighted by Gasteiger charge is -2.48. The van der Waals surface area contributed by atoms with Gasteiger partial charge >= 0.3 is 6.09 Å². The number of anilines is 2. The van der Waals surface area contributed by atoms with E-state index in [9.17, 15) is 9.59 Å². The highest BCUT2D eigenvalue weighted by atomic mass is 28.4. The Kier molecular flexibility index (Phi) is 9.80. The van der Waals surface area contributed by atoms with Crippen molar-refractivity contribution in [2.75, 3.05) is 23.3 Å². The molecule has 9 nitrogen and oxygen atoms in total. The lowest BCUT2D eigenvalue weighted by Crippen LogP contribution is -2.63. The third kappa shape index (κ3) is 8.29. The number of alkyl carbamates (subject to hydrolysis) is 1. The molecule has 0 bridgehead atoms. The number of hydrogen-bond acceptors (Lipinski definition) is 7. The van der Waals surface area contributed by atoms with E-state index in [1.807, 2.05) is 58.0 Å². The number of aromatic nitrogens is 2. The number of nitrogens with zero attached hydrogens (tertiary/aromatic N) is 3. The van der Waals surface area contributed by atoms with Gasteiger partial charge in [0.25, 0.3) is 5.91 Å². The zero-order chi connectivity index (χ0) is 33.3. The van der Waals surface area contributed by atoms with Gasteiger partial charge in [0.2, 0.25) is 0 Å². The third-order valence-electron chi connectivity index (χ3n) is 8.63. The van der Waals surface area contributed by atoms with Gasteiger partial charge in [0, 0.05) is 30.6 Å². The van der Waals surface area contributed by atoms with Gasteiger partial charge in [-0.1, -0.05) is 58.0 Å². The van der Waals surface area contributed by atoms with E-state index in [0.717, 1.165) is 27.7 Å². The summed E-state index contributed by atoms with van der Waals surface area (Å²) in [6.45, 7) is 25.9. The van der Waals surface area contributed by atoms with Gasteiger partial charge in [0.15, 0.2) is 8.32 Å². The molecule has 0 spiro atoms. The maximum atomic E-state index is 13.5. The average molecular weight is 632 g/mol. The molecule has 1 aliphatic rings. The van der Waals surface area contributed by atoms with Gasteiger partial charge in [0.1, 0.15) is 11.3 Å². The maximum Gasteiger partial charge on any atom is 0.408 e. The zero-order valence-corrected chi connectivity index (χ0v) is 29.4. The molecule has 3 atom stereocenters. The summed E-state index contributed by atoms with van der Waals surface area (Å²) in [6.07, 6.45) is 2.66. The number of allylic oxidation sites excluding steroid dienone is 1. The molecule has 2 N–H and O–H groups in total. The van der Waals surface area contributed by atoms with Gasteiger partial charge in [0.05, 0.1) is 35.2 Å². The first-order valence-corrected chi connectivity index (χ1v) is 18.5. The van der Waals surface area contributed by atoms with Gasteiger partial charge in [-0.15, -0.1) is 0 Å². The van der Waals surface area contributed by atoms with Crippen molar-refractivity contribution in [2.24, 2.45) is 5.92 Å². The van der Waals surface area contributed by atoms with Gasteiger partial charge in [-0.05, 0) is 69.6 Å². The summed E-state index contributed by atoms with van der Waals surface area (Å²) >= 11 is 0. The molecule has 10 heteroatoms. The largest absolute Gasteiger partial charge is 0.444 e. The van der Waals surface area contributed by atoms with Crippen LogP contribution in [0.4, 0.5) is 16.2 Å². The first-order valence-electron chi connectivity index (χ1n) is 15.6. The topological polar surface area (TPSA) is 106 Å². The summed E-state index contributed by atoms with van der Waals surface area (Å²) < 4.78 is 12.6. The summed E-state index contributed by atoms with van der Waals surface area (Å²) in [5, 5.41) is 7.11. The molecule has 0 aliphatic carbocycles. The molecule has 242 valence electrons. The van der Waals surface area contributed by atoms with Crippen molar-refractivity contribution in [1.82, 2.24) is 15.3 Å². The van der Waals surface area contributed by atoms with E-state index in [1.165, 1.54) is 0 Å². The minimum Gasteiger partial charge on any atom is -0.444 e. The number of pyridine rings is 2. The van der Waals surface area contributed by atoms with Crippen LogP contribution < -0.4 is 15.5 Å². The highest BCUT2D eigenvalue weighted by Gasteiger charge is 2.45. The highest BCUT2D eigenvalue weighted by Crippen LogP contribution is 2.40. The van der Waals surface area contributed by atoms with Crippen LogP contribution in [0.1, 0.15) is 71.4 Å². The number of piperidine rings is 1. The Bertz CT molecular complexity index is 1580. The van der Waals surface area contributed by atoms with Crippen LogP contribution >= 0.6 is 0 Å². The van der Waals surface area contributed by atoms with E-state index in [1.54, 1.807) is 18.5 Å². The number of rotatable bonds is 7. The molecule has 1 aromatic carbocycles. The maximum absolute atomic E-state index is 13.5. The van der Waals surface area contributed by atoms with Crippen molar-refractivity contribution in [1.29, 1.82) is 0 Å². The predicted molar refractivity (Wildman–Crippen MR) is 185 cm³/mol. The van der Waals surface area contributed by atoms with Gasteiger partial charge < -0.3 is 24.7 Å². The van der Waals surface area contributed by atoms with Gasteiger partial charge in [-0.25, -0.2) is 9.78 Å². The summed E-state index contributed by atoms with van der Waals surface area (Å²) in [6, 6.07) is 11.1. The molecule has 1 fully saturated rings. The monoisotopic (exact) mass is 631 g/mol. The first-order chi connectivity index (χ1) is 20.8. The van der Waals surface area contributed by atoms with Gasteiger partial charge in [-0.2, -0.15) is 0 Å². The number of hydrogen-bond donors (Lipinski definition) is 2. The number of ether oxygens (including phenoxy) is 1. The summed E-state index contributed by atoms with van der Waals surface area (Å²) in [4.78, 5) is 37.6. The van der Waals surface area contributed by atoms with Crippen molar-refractivity contribution >= 4 is 48.2 Å². The van der Waals surface area contributed by atoms with Crippen LogP contribution in [0.15, 0.2) is 55.4 Å². The zero-order valence-electron chi connectivity index (χ0n) is 28.4. The molecule has 3 aromatic rings. The minimum absolute atomic E-state index is 0.00571. The van der Waals surface area contributed by atoms with Crippen molar-refractivity contribution < 1.29 is 18.8 Å². The number of fused-ring (bicyclic) bond motifs is 1. The van der Waals surface area contributed by atoms with E-state index in [4.69, 9.17) is 9.16 Å². The van der Waals surface area contributed by atoms with E-state index >= 15 is 0 Å². The Morgan fingerprint density at radius 2 is 1.73 bits per heavy atom. The van der Waals surface area contributed by atoms with Gasteiger partial charge in [-0.3, -0.25) is 9.78 Å². The number of carbonyl (C=O) groups is 2.